The third-order valence-electron chi connectivity index (χ3n) is 2.42. The zero-order valence-corrected chi connectivity index (χ0v) is 7.40. The van der Waals surface area contributed by atoms with Gasteiger partial charge in [0.15, 0.2) is 0 Å². The minimum Gasteiger partial charge on any atom is -0.300 e. The molecule has 0 bridgehead atoms. The topological polar surface area (TPSA) is 17.1 Å². The molecule has 58 valence electrons. The number of hydrogen-bond donors (Lipinski definition) is 0. The van der Waals surface area contributed by atoms with Gasteiger partial charge in [-0.25, -0.2) is 0 Å². The molecule has 2 unspecified atom stereocenters. The Morgan fingerprint density at radius 2 is 2.00 bits per heavy atom. The first-order chi connectivity index (χ1) is 4.46. The Hall–Kier alpha value is -0.0400. The SMILES string of the molecule is CC(=O)CC1C(Cl)C1(C)C. The molecule has 1 fully saturated rings. The van der Waals surface area contributed by atoms with Gasteiger partial charge in [-0.2, -0.15) is 0 Å². The van der Waals surface area contributed by atoms with E-state index in [4.69, 9.17) is 11.6 Å². The highest BCUT2D eigenvalue weighted by Gasteiger charge is 2.56. The molecule has 1 aliphatic rings. The summed E-state index contributed by atoms with van der Waals surface area (Å²) in [4.78, 5) is 10.7. The van der Waals surface area contributed by atoms with Gasteiger partial charge in [-0.15, -0.1) is 11.6 Å². The van der Waals surface area contributed by atoms with Gasteiger partial charge < -0.3 is 4.79 Å². The number of ketones is 1. The van der Waals surface area contributed by atoms with Crippen LogP contribution in [0.3, 0.4) is 0 Å². The van der Waals surface area contributed by atoms with E-state index in [2.05, 4.69) is 13.8 Å². The molecule has 2 atom stereocenters. The highest BCUT2D eigenvalue weighted by molar-refractivity contribution is 6.23. The van der Waals surface area contributed by atoms with Gasteiger partial charge in [0.1, 0.15) is 5.78 Å². The lowest BCUT2D eigenvalue weighted by molar-refractivity contribution is -0.117. The normalized spacial score (nSPS) is 35.6. The molecule has 0 radical (unpaired) electrons. The summed E-state index contributed by atoms with van der Waals surface area (Å²) in [5, 5.41) is 0.219. The van der Waals surface area contributed by atoms with Crippen LogP contribution in [0.5, 0.6) is 0 Å². The predicted octanol–water partition coefficient (Wildman–Crippen LogP) is 2.23. The number of alkyl halides is 1. The average Bonchev–Trinajstić information content (AvgIpc) is 2.17. The summed E-state index contributed by atoms with van der Waals surface area (Å²) < 4.78 is 0. The van der Waals surface area contributed by atoms with Crippen molar-refractivity contribution < 1.29 is 4.79 Å². The van der Waals surface area contributed by atoms with E-state index in [0.29, 0.717) is 12.3 Å². The second kappa shape index (κ2) is 2.23. The van der Waals surface area contributed by atoms with E-state index in [9.17, 15) is 4.79 Å². The van der Waals surface area contributed by atoms with E-state index >= 15 is 0 Å². The highest BCUT2D eigenvalue weighted by atomic mass is 35.5. The smallest absolute Gasteiger partial charge is 0.130 e. The fraction of sp³-hybridized carbons (Fsp3) is 0.875. The van der Waals surface area contributed by atoms with Crippen LogP contribution in [0.15, 0.2) is 0 Å². The van der Waals surface area contributed by atoms with Gasteiger partial charge >= 0.3 is 0 Å². The van der Waals surface area contributed by atoms with Gasteiger partial charge in [0, 0.05) is 11.8 Å². The second-order valence-electron chi connectivity index (χ2n) is 3.74. The Morgan fingerprint density at radius 3 is 2.10 bits per heavy atom. The molecule has 2 heteroatoms. The van der Waals surface area contributed by atoms with Gasteiger partial charge in [0.2, 0.25) is 0 Å². The van der Waals surface area contributed by atoms with Crippen molar-refractivity contribution in [3.63, 3.8) is 0 Å². The van der Waals surface area contributed by atoms with Gasteiger partial charge in [-0.05, 0) is 18.3 Å². The molecule has 0 N–H and O–H groups in total. The van der Waals surface area contributed by atoms with Crippen molar-refractivity contribution in [3.05, 3.63) is 0 Å². The maximum absolute atomic E-state index is 10.7. The summed E-state index contributed by atoms with van der Waals surface area (Å²) in [6, 6.07) is 0. The summed E-state index contributed by atoms with van der Waals surface area (Å²) in [6.45, 7) is 5.84. The van der Waals surface area contributed by atoms with Gasteiger partial charge in [0.05, 0.1) is 0 Å². The Kier molecular flexibility index (Phi) is 1.80. The lowest BCUT2D eigenvalue weighted by atomic mass is 10.1. The molecule has 0 amide bonds. The van der Waals surface area contributed by atoms with Crippen molar-refractivity contribution in [1.29, 1.82) is 0 Å². The third kappa shape index (κ3) is 1.20. The quantitative estimate of drug-likeness (QED) is 0.567. The molecule has 0 aromatic carbocycles. The Balaban J connectivity index is 2.42. The first-order valence-electron chi connectivity index (χ1n) is 3.59. The molecule has 0 saturated heterocycles. The van der Waals surface area contributed by atoms with Crippen LogP contribution in [0, 0.1) is 11.3 Å². The van der Waals surface area contributed by atoms with Gasteiger partial charge in [-0.3, -0.25) is 0 Å². The summed E-state index contributed by atoms with van der Waals surface area (Å²) >= 11 is 5.94. The van der Waals surface area contributed by atoms with Crippen LogP contribution in [0.4, 0.5) is 0 Å². The number of carbonyl (C=O) groups excluding carboxylic acids is 1. The molecule has 0 spiro atoms. The van der Waals surface area contributed by atoms with Crippen LogP contribution in [-0.2, 0) is 4.79 Å². The number of carbonyl (C=O) groups is 1. The van der Waals surface area contributed by atoms with E-state index in [1.165, 1.54) is 0 Å². The van der Waals surface area contributed by atoms with Crippen molar-refractivity contribution in [2.45, 2.75) is 32.6 Å². The molecular formula is C8H13ClO. The van der Waals surface area contributed by atoms with Crippen LogP contribution < -0.4 is 0 Å². The molecule has 1 aliphatic carbocycles. The van der Waals surface area contributed by atoms with Crippen molar-refractivity contribution in [1.82, 2.24) is 0 Å². The van der Waals surface area contributed by atoms with Gasteiger partial charge in [-0.1, -0.05) is 13.8 Å². The molecular weight excluding hydrogens is 148 g/mol. The van der Waals surface area contributed by atoms with E-state index in [1.54, 1.807) is 6.92 Å². The highest BCUT2D eigenvalue weighted by Crippen LogP contribution is 2.57. The molecule has 1 saturated carbocycles. The molecule has 0 aromatic rings. The molecule has 1 rings (SSSR count). The minimum atomic E-state index is 0.202. The Morgan fingerprint density at radius 1 is 1.60 bits per heavy atom. The largest absolute Gasteiger partial charge is 0.300 e. The monoisotopic (exact) mass is 160 g/mol. The van der Waals surface area contributed by atoms with Crippen LogP contribution in [0.25, 0.3) is 0 Å². The maximum Gasteiger partial charge on any atom is 0.130 e. The van der Waals surface area contributed by atoms with Crippen molar-refractivity contribution in [2.24, 2.45) is 11.3 Å². The van der Waals surface area contributed by atoms with Crippen molar-refractivity contribution in [2.75, 3.05) is 0 Å². The van der Waals surface area contributed by atoms with Crippen LogP contribution in [0.2, 0.25) is 0 Å². The first kappa shape index (κ1) is 8.06. The summed E-state index contributed by atoms with van der Waals surface area (Å²) in [6.07, 6.45) is 0.654. The maximum atomic E-state index is 10.7. The fourth-order valence-electron chi connectivity index (χ4n) is 1.35. The van der Waals surface area contributed by atoms with Crippen LogP contribution in [-0.4, -0.2) is 11.2 Å². The van der Waals surface area contributed by atoms with Gasteiger partial charge in [0.25, 0.3) is 0 Å². The van der Waals surface area contributed by atoms with E-state index < -0.39 is 0 Å². The lowest BCUT2D eigenvalue weighted by Gasteiger charge is -1.97. The molecule has 10 heavy (non-hydrogen) atoms. The fourth-order valence-corrected chi connectivity index (χ4v) is 1.86. The molecule has 0 aromatic heterocycles. The number of Topliss-reactive ketones (excluding diaryl/α,β-unsaturated/α-hetero) is 1. The second-order valence-corrected chi connectivity index (χ2v) is 4.21. The average molecular weight is 161 g/mol. The zero-order chi connectivity index (χ0) is 7.94. The zero-order valence-electron chi connectivity index (χ0n) is 6.65. The number of hydrogen-bond acceptors (Lipinski definition) is 1. The van der Waals surface area contributed by atoms with E-state index in [-0.39, 0.29) is 16.6 Å². The third-order valence-corrected chi connectivity index (χ3v) is 3.28. The molecule has 0 aliphatic heterocycles. The molecule has 1 nitrogen and oxygen atoms in total. The Bertz CT molecular complexity index is 163. The summed E-state index contributed by atoms with van der Waals surface area (Å²) in [7, 11) is 0. The lowest BCUT2D eigenvalue weighted by Crippen LogP contribution is -1.96. The predicted molar refractivity (Wildman–Crippen MR) is 42.2 cm³/mol. The number of rotatable bonds is 2. The number of halogens is 1. The van der Waals surface area contributed by atoms with E-state index in [0.717, 1.165) is 0 Å². The first-order valence-corrected chi connectivity index (χ1v) is 4.03. The van der Waals surface area contributed by atoms with Crippen LogP contribution >= 0.6 is 11.6 Å². The minimum absolute atomic E-state index is 0.202. The van der Waals surface area contributed by atoms with E-state index in [1.807, 2.05) is 0 Å². The van der Waals surface area contributed by atoms with Crippen LogP contribution in [0.1, 0.15) is 27.2 Å². The van der Waals surface area contributed by atoms with Crippen molar-refractivity contribution >= 4 is 17.4 Å². The molecule has 0 heterocycles. The summed E-state index contributed by atoms with van der Waals surface area (Å²) in [5.41, 5.74) is 0.202. The van der Waals surface area contributed by atoms with Crippen molar-refractivity contribution in [3.8, 4) is 0 Å². The Labute approximate surface area is 66.8 Å². The standard InChI is InChI=1S/C8H13ClO/c1-5(10)4-6-7(9)8(6,2)3/h6-7H,4H2,1-3H3. The summed E-state index contributed by atoms with van der Waals surface area (Å²) in [5.74, 6) is 0.674.